The van der Waals surface area contributed by atoms with Crippen molar-refractivity contribution in [3.8, 4) is 0 Å². The van der Waals surface area contributed by atoms with Crippen molar-refractivity contribution in [2.45, 2.75) is 24.8 Å². The number of sulfonamides is 1. The number of hydrogen-bond acceptors (Lipinski definition) is 6. The van der Waals surface area contributed by atoms with E-state index in [1.165, 1.54) is 45.3 Å². The lowest BCUT2D eigenvalue weighted by Crippen LogP contribution is -2.30. The second-order valence-corrected chi connectivity index (χ2v) is 8.57. The van der Waals surface area contributed by atoms with Gasteiger partial charge in [-0.05, 0) is 55.8 Å². The van der Waals surface area contributed by atoms with E-state index in [2.05, 4.69) is 5.32 Å². The zero-order chi connectivity index (χ0) is 21.1. The third-order valence-electron chi connectivity index (χ3n) is 4.04. The van der Waals surface area contributed by atoms with Crippen LogP contribution in [0.4, 0.5) is 11.4 Å². The number of ether oxygens (including phenoxy) is 1. The molecule has 1 amide bonds. The fourth-order valence-corrected chi connectivity index (χ4v) is 3.17. The quantitative estimate of drug-likeness (QED) is 0.561. The van der Waals surface area contributed by atoms with Crippen LogP contribution >= 0.6 is 0 Å². The molecule has 2 aromatic carbocycles. The first-order valence-corrected chi connectivity index (χ1v) is 9.87. The summed E-state index contributed by atoms with van der Waals surface area (Å²) in [7, 11) is -0.799. The second-order valence-electron chi connectivity index (χ2n) is 6.42. The minimum absolute atomic E-state index is 0.0462. The minimum atomic E-state index is -3.64. The van der Waals surface area contributed by atoms with Gasteiger partial charge in [0.25, 0.3) is 5.91 Å². The number of nitrogen functional groups attached to an aromatic ring is 1. The van der Waals surface area contributed by atoms with E-state index >= 15 is 0 Å². The topological polar surface area (TPSA) is 119 Å². The van der Waals surface area contributed by atoms with Gasteiger partial charge in [0.2, 0.25) is 10.0 Å². The fraction of sp³-hybridized carbons (Fsp3) is 0.263. The minimum Gasteiger partial charge on any atom is -0.449 e. The molecule has 3 N–H and O–H groups in total. The Balaban J connectivity index is 2.13. The molecule has 0 aliphatic carbocycles. The summed E-state index contributed by atoms with van der Waals surface area (Å²) in [5.74, 6) is -1.24. The number of amides is 1. The predicted octanol–water partition coefficient (Wildman–Crippen LogP) is 2.01. The summed E-state index contributed by atoms with van der Waals surface area (Å²) >= 11 is 0. The first-order chi connectivity index (χ1) is 13.0. The number of carbonyl (C=O) groups is 2. The molecule has 150 valence electrons. The molecule has 0 unspecified atom stereocenters. The highest BCUT2D eigenvalue weighted by Crippen LogP contribution is 2.22. The first-order valence-electron chi connectivity index (χ1n) is 8.43. The van der Waals surface area contributed by atoms with Gasteiger partial charge in [-0.2, -0.15) is 0 Å². The van der Waals surface area contributed by atoms with Crippen LogP contribution in [0.1, 0.15) is 22.8 Å². The smallest absolute Gasteiger partial charge is 0.338 e. The standard InChI is InChI=1S/C19H23N3O5S/c1-12-5-10-16(28(25,26)22(3)4)11-17(12)21-18(23)13(2)27-19(24)14-6-8-15(20)9-7-14/h5-11,13H,20H2,1-4H3,(H,21,23)/t13-/m0/s1. The van der Waals surface area contributed by atoms with Crippen LogP contribution in [0, 0.1) is 6.92 Å². The largest absolute Gasteiger partial charge is 0.449 e. The molecule has 1 atom stereocenters. The Morgan fingerprint density at radius 2 is 1.71 bits per heavy atom. The zero-order valence-electron chi connectivity index (χ0n) is 16.1. The summed E-state index contributed by atoms with van der Waals surface area (Å²) in [5.41, 5.74) is 7.34. The predicted molar refractivity (Wildman–Crippen MR) is 106 cm³/mol. The molecular formula is C19H23N3O5S. The van der Waals surface area contributed by atoms with Gasteiger partial charge in [0, 0.05) is 25.5 Å². The Labute approximate surface area is 164 Å². The summed E-state index contributed by atoms with van der Waals surface area (Å²) in [6.07, 6.45) is -1.08. The summed E-state index contributed by atoms with van der Waals surface area (Å²) in [4.78, 5) is 24.6. The number of esters is 1. The number of nitrogens with zero attached hydrogens (tertiary/aromatic N) is 1. The maximum absolute atomic E-state index is 12.4. The lowest BCUT2D eigenvalue weighted by atomic mass is 10.2. The molecule has 28 heavy (non-hydrogen) atoms. The number of carbonyl (C=O) groups excluding carboxylic acids is 2. The van der Waals surface area contributed by atoms with E-state index in [0.29, 0.717) is 16.9 Å². The van der Waals surface area contributed by atoms with Gasteiger partial charge in [0.1, 0.15) is 0 Å². The maximum atomic E-state index is 12.4. The normalized spacial score (nSPS) is 12.5. The van der Waals surface area contributed by atoms with Gasteiger partial charge < -0.3 is 15.8 Å². The number of benzene rings is 2. The fourth-order valence-electron chi connectivity index (χ4n) is 2.24. The van der Waals surface area contributed by atoms with Gasteiger partial charge in [0.05, 0.1) is 10.5 Å². The highest BCUT2D eigenvalue weighted by Gasteiger charge is 2.22. The van der Waals surface area contributed by atoms with Gasteiger partial charge in [-0.3, -0.25) is 4.79 Å². The van der Waals surface area contributed by atoms with Crippen molar-refractivity contribution in [1.82, 2.24) is 4.31 Å². The summed E-state index contributed by atoms with van der Waals surface area (Å²) in [5, 5.41) is 2.61. The summed E-state index contributed by atoms with van der Waals surface area (Å²) in [6, 6.07) is 10.5. The third kappa shape index (κ3) is 4.87. The second kappa shape index (κ2) is 8.41. The van der Waals surface area contributed by atoms with Crippen LogP contribution in [0.3, 0.4) is 0 Å². The molecule has 0 fully saturated rings. The number of rotatable bonds is 6. The maximum Gasteiger partial charge on any atom is 0.338 e. The van der Waals surface area contributed by atoms with Crippen molar-refractivity contribution in [1.29, 1.82) is 0 Å². The van der Waals surface area contributed by atoms with Gasteiger partial charge in [0.15, 0.2) is 6.10 Å². The van der Waals surface area contributed by atoms with Gasteiger partial charge in [-0.15, -0.1) is 0 Å². The van der Waals surface area contributed by atoms with Crippen molar-refractivity contribution in [3.05, 3.63) is 53.6 Å². The molecule has 2 rings (SSSR count). The van der Waals surface area contributed by atoms with Crippen LogP contribution in [0.5, 0.6) is 0 Å². The molecule has 0 aliphatic heterocycles. The van der Waals surface area contributed by atoms with Crippen LogP contribution in [0.25, 0.3) is 0 Å². The molecular weight excluding hydrogens is 382 g/mol. The molecule has 0 saturated carbocycles. The Bertz CT molecular complexity index is 985. The van der Waals surface area contributed by atoms with Crippen LogP contribution in [0.2, 0.25) is 0 Å². The van der Waals surface area contributed by atoms with Crippen molar-refractivity contribution in [2.24, 2.45) is 0 Å². The van der Waals surface area contributed by atoms with Crippen molar-refractivity contribution >= 4 is 33.3 Å². The lowest BCUT2D eigenvalue weighted by Gasteiger charge is -2.17. The molecule has 0 radical (unpaired) electrons. The van der Waals surface area contributed by atoms with Gasteiger partial charge in [-0.25, -0.2) is 17.5 Å². The van der Waals surface area contributed by atoms with Gasteiger partial charge >= 0.3 is 5.97 Å². The molecule has 2 aromatic rings. The number of nitrogens with one attached hydrogen (secondary N) is 1. The number of hydrogen-bond donors (Lipinski definition) is 2. The highest BCUT2D eigenvalue weighted by atomic mass is 32.2. The summed E-state index contributed by atoms with van der Waals surface area (Å²) < 4.78 is 30.8. The van der Waals surface area contributed by atoms with Crippen LogP contribution in [-0.2, 0) is 19.6 Å². The van der Waals surface area contributed by atoms with E-state index in [0.717, 1.165) is 4.31 Å². The summed E-state index contributed by atoms with van der Waals surface area (Å²) in [6.45, 7) is 3.16. The van der Waals surface area contributed by atoms with Crippen LogP contribution in [-0.4, -0.2) is 44.8 Å². The molecule has 0 saturated heterocycles. The molecule has 9 heteroatoms. The molecule has 0 bridgehead atoms. The zero-order valence-corrected chi connectivity index (χ0v) is 16.9. The highest BCUT2D eigenvalue weighted by molar-refractivity contribution is 7.89. The number of nitrogens with two attached hydrogens (primary N) is 1. The SMILES string of the molecule is Cc1ccc(S(=O)(=O)N(C)C)cc1NC(=O)[C@H](C)OC(=O)c1ccc(N)cc1. The Morgan fingerprint density at radius 3 is 2.29 bits per heavy atom. The van der Waals surface area contributed by atoms with Crippen molar-refractivity contribution in [2.75, 3.05) is 25.1 Å². The molecule has 0 heterocycles. The number of anilines is 2. The van der Waals surface area contributed by atoms with E-state index in [1.807, 2.05) is 0 Å². The van der Waals surface area contributed by atoms with Crippen molar-refractivity contribution < 1.29 is 22.7 Å². The van der Waals surface area contributed by atoms with Crippen LogP contribution < -0.4 is 11.1 Å². The molecule has 0 aliphatic rings. The molecule has 8 nitrogen and oxygen atoms in total. The lowest BCUT2D eigenvalue weighted by molar-refractivity contribution is -0.123. The Hall–Kier alpha value is -2.91. The van der Waals surface area contributed by atoms with E-state index < -0.39 is 28.0 Å². The van der Waals surface area contributed by atoms with E-state index in [9.17, 15) is 18.0 Å². The van der Waals surface area contributed by atoms with Gasteiger partial charge in [-0.1, -0.05) is 6.07 Å². The number of aryl methyl sites for hydroxylation is 1. The Morgan fingerprint density at radius 1 is 1.11 bits per heavy atom. The van der Waals surface area contributed by atoms with E-state index in [4.69, 9.17) is 10.5 Å². The third-order valence-corrected chi connectivity index (χ3v) is 5.86. The van der Waals surface area contributed by atoms with E-state index in [-0.39, 0.29) is 10.5 Å². The molecule has 0 spiro atoms. The molecule has 0 aromatic heterocycles. The monoisotopic (exact) mass is 405 g/mol. The first kappa shape index (κ1) is 21.4. The Kier molecular flexibility index (Phi) is 6.42. The van der Waals surface area contributed by atoms with Crippen LogP contribution in [0.15, 0.2) is 47.4 Å². The average Bonchev–Trinajstić information content (AvgIpc) is 2.63. The average molecular weight is 405 g/mol. The van der Waals surface area contributed by atoms with Crippen molar-refractivity contribution in [3.63, 3.8) is 0 Å². The van der Waals surface area contributed by atoms with E-state index in [1.54, 1.807) is 25.1 Å².